The van der Waals surface area contributed by atoms with Crippen molar-refractivity contribution in [3.63, 3.8) is 0 Å². The van der Waals surface area contributed by atoms with Crippen LogP contribution in [-0.4, -0.2) is 36.4 Å². The fraction of sp³-hybridized carbons (Fsp3) is 0.500. The summed E-state index contributed by atoms with van der Waals surface area (Å²) in [5.74, 6) is 1.02. The molecule has 0 spiro atoms. The number of amides is 2. The Morgan fingerprint density at radius 1 is 0.882 bits per heavy atom. The van der Waals surface area contributed by atoms with Crippen molar-refractivity contribution >= 4 is 29.1 Å². The fourth-order valence-electron chi connectivity index (χ4n) is 4.29. The minimum Gasteiger partial charge on any atom is -0.484 e. The lowest BCUT2D eigenvalue weighted by atomic mass is 10.1. The summed E-state index contributed by atoms with van der Waals surface area (Å²) in [5.41, 5.74) is 1.92. The molecule has 2 aromatic rings. The van der Waals surface area contributed by atoms with Crippen molar-refractivity contribution in [2.24, 2.45) is 5.92 Å². The average Bonchev–Trinajstić information content (AvgIpc) is 2.83. The van der Waals surface area contributed by atoms with Gasteiger partial charge in [-0.2, -0.15) is 0 Å². The number of para-hydroxylation sites is 1. The van der Waals surface area contributed by atoms with Crippen LogP contribution in [0.1, 0.15) is 64.4 Å². The van der Waals surface area contributed by atoms with Gasteiger partial charge in [0, 0.05) is 36.8 Å². The molecule has 5 nitrogen and oxygen atoms in total. The van der Waals surface area contributed by atoms with Crippen molar-refractivity contribution in [2.75, 3.05) is 24.6 Å². The number of carbonyl (C=O) groups is 2. The van der Waals surface area contributed by atoms with E-state index in [1.807, 2.05) is 34.1 Å². The minimum atomic E-state index is -0.0559. The van der Waals surface area contributed by atoms with Gasteiger partial charge in [0.15, 0.2) is 6.61 Å². The Morgan fingerprint density at radius 2 is 1.53 bits per heavy atom. The van der Waals surface area contributed by atoms with E-state index in [0.717, 1.165) is 56.3 Å². The molecule has 0 unspecified atom stereocenters. The van der Waals surface area contributed by atoms with Crippen molar-refractivity contribution in [2.45, 2.75) is 65.3 Å². The molecular formula is C28H37ClN2O3. The van der Waals surface area contributed by atoms with Gasteiger partial charge in [0.05, 0.1) is 0 Å². The highest BCUT2D eigenvalue weighted by molar-refractivity contribution is 6.30. The first-order valence-corrected chi connectivity index (χ1v) is 12.9. The van der Waals surface area contributed by atoms with Crippen LogP contribution in [0.2, 0.25) is 5.02 Å². The molecule has 1 heterocycles. The molecule has 0 aliphatic carbocycles. The molecule has 0 aromatic heterocycles. The summed E-state index contributed by atoms with van der Waals surface area (Å²) in [4.78, 5) is 30.2. The van der Waals surface area contributed by atoms with Crippen LogP contribution >= 0.6 is 11.6 Å². The van der Waals surface area contributed by atoms with E-state index in [9.17, 15) is 9.59 Å². The molecule has 0 saturated heterocycles. The summed E-state index contributed by atoms with van der Waals surface area (Å²) in [6, 6.07) is 15.0. The van der Waals surface area contributed by atoms with Gasteiger partial charge in [-0.1, -0.05) is 69.3 Å². The number of benzene rings is 2. The Balaban J connectivity index is 1.81. The Hall–Kier alpha value is -2.53. The lowest BCUT2D eigenvalue weighted by Gasteiger charge is -2.29. The molecule has 2 aromatic carbocycles. The van der Waals surface area contributed by atoms with Crippen LogP contribution in [0.15, 0.2) is 48.5 Å². The number of fused-ring (bicyclic) bond motifs is 1. The normalized spacial score (nSPS) is 15.6. The molecule has 1 aliphatic heterocycles. The molecule has 6 heteroatoms. The second-order valence-electron chi connectivity index (χ2n) is 9.45. The zero-order valence-electron chi connectivity index (χ0n) is 20.5. The molecule has 0 fully saturated rings. The summed E-state index contributed by atoms with van der Waals surface area (Å²) >= 11 is 5.95. The highest BCUT2D eigenvalue weighted by Crippen LogP contribution is 2.26. The van der Waals surface area contributed by atoms with Crippen molar-refractivity contribution in [3.8, 4) is 5.75 Å². The van der Waals surface area contributed by atoms with E-state index in [4.69, 9.17) is 16.3 Å². The maximum Gasteiger partial charge on any atom is 0.260 e. The average molecular weight is 485 g/mol. The summed E-state index contributed by atoms with van der Waals surface area (Å²) < 4.78 is 5.75. The zero-order valence-corrected chi connectivity index (χ0v) is 21.2. The van der Waals surface area contributed by atoms with Gasteiger partial charge >= 0.3 is 0 Å². The van der Waals surface area contributed by atoms with E-state index in [2.05, 4.69) is 13.8 Å². The predicted octanol–water partition coefficient (Wildman–Crippen LogP) is 6.48. The molecule has 0 radical (unpaired) electrons. The smallest absolute Gasteiger partial charge is 0.260 e. The quantitative estimate of drug-likeness (QED) is 0.488. The Morgan fingerprint density at radius 3 is 2.24 bits per heavy atom. The van der Waals surface area contributed by atoms with Gasteiger partial charge in [0.25, 0.3) is 5.91 Å². The van der Waals surface area contributed by atoms with Crippen LogP contribution in [0.5, 0.6) is 5.75 Å². The van der Waals surface area contributed by atoms with E-state index in [0.29, 0.717) is 36.2 Å². The third kappa shape index (κ3) is 8.05. The lowest BCUT2D eigenvalue weighted by molar-refractivity contribution is -0.134. The molecular weight excluding hydrogens is 448 g/mol. The Kier molecular flexibility index (Phi) is 10.3. The van der Waals surface area contributed by atoms with Crippen LogP contribution in [0.4, 0.5) is 5.69 Å². The van der Waals surface area contributed by atoms with Gasteiger partial charge in [0.1, 0.15) is 5.75 Å². The monoisotopic (exact) mass is 484 g/mol. The lowest BCUT2D eigenvalue weighted by Crippen LogP contribution is -2.37. The summed E-state index contributed by atoms with van der Waals surface area (Å²) in [6.45, 7) is 5.98. The molecule has 2 amide bonds. The molecule has 34 heavy (non-hydrogen) atoms. The number of ether oxygens (including phenoxy) is 1. The van der Waals surface area contributed by atoms with Gasteiger partial charge in [-0.3, -0.25) is 9.59 Å². The van der Waals surface area contributed by atoms with Gasteiger partial charge in [0.2, 0.25) is 5.91 Å². The number of hydrogen-bond acceptors (Lipinski definition) is 3. The van der Waals surface area contributed by atoms with Crippen LogP contribution in [0, 0.1) is 5.92 Å². The number of hydrogen-bond donors (Lipinski definition) is 0. The first-order chi connectivity index (χ1) is 16.4. The van der Waals surface area contributed by atoms with E-state index in [1.54, 1.807) is 24.3 Å². The van der Waals surface area contributed by atoms with Gasteiger partial charge in [-0.25, -0.2) is 0 Å². The van der Waals surface area contributed by atoms with Crippen molar-refractivity contribution in [1.82, 2.24) is 4.90 Å². The standard InChI is InChI=1S/C28H37ClN2O3/c1-22(2)19-27(32)31-18-10-6-4-3-5-9-17-30(20-23-11-7-8-12-26(23)31)28(33)21-34-25-15-13-24(29)14-16-25/h7-8,11-16,22H,3-6,9-10,17-21H2,1-2H3. The SMILES string of the molecule is CC(C)CC(=O)N1CCCCCCCCN(C(=O)COc2ccc(Cl)cc2)Cc2ccccc21. The topological polar surface area (TPSA) is 49.9 Å². The van der Waals surface area contributed by atoms with Crippen LogP contribution in [0.25, 0.3) is 0 Å². The molecule has 0 N–H and O–H groups in total. The van der Waals surface area contributed by atoms with E-state index in [1.165, 1.54) is 0 Å². The molecule has 184 valence electrons. The predicted molar refractivity (Wildman–Crippen MR) is 138 cm³/mol. The molecule has 0 saturated carbocycles. The number of anilines is 1. The Labute approximate surface area is 209 Å². The second kappa shape index (κ2) is 13.4. The minimum absolute atomic E-state index is 0.0280. The van der Waals surface area contributed by atoms with E-state index < -0.39 is 0 Å². The second-order valence-corrected chi connectivity index (χ2v) is 9.89. The highest BCUT2D eigenvalue weighted by Gasteiger charge is 2.22. The van der Waals surface area contributed by atoms with Crippen LogP contribution in [0.3, 0.4) is 0 Å². The number of carbonyl (C=O) groups excluding carboxylic acids is 2. The third-order valence-electron chi connectivity index (χ3n) is 6.12. The molecule has 1 aliphatic rings. The first-order valence-electron chi connectivity index (χ1n) is 12.5. The third-order valence-corrected chi connectivity index (χ3v) is 6.37. The van der Waals surface area contributed by atoms with Crippen LogP contribution in [-0.2, 0) is 16.1 Å². The Bertz CT molecular complexity index is 930. The maximum absolute atomic E-state index is 13.2. The van der Waals surface area contributed by atoms with Crippen molar-refractivity contribution < 1.29 is 14.3 Å². The number of rotatable bonds is 5. The number of nitrogens with zero attached hydrogens (tertiary/aromatic N) is 2. The number of halogens is 1. The summed E-state index contributed by atoms with van der Waals surface area (Å²) in [6.07, 6.45) is 6.99. The highest BCUT2D eigenvalue weighted by atomic mass is 35.5. The fourth-order valence-corrected chi connectivity index (χ4v) is 4.42. The van der Waals surface area contributed by atoms with Gasteiger partial charge < -0.3 is 14.5 Å². The van der Waals surface area contributed by atoms with E-state index >= 15 is 0 Å². The molecule has 0 bridgehead atoms. The largest absolute Gasteiger partial charge is 0.484 e. The van der Waals surface area contributed by atoms with Gasteiger partial charge in [-0.05, 0) is 54.7 Å². The summed E-state index contributed by atoms with van der Waals surface area (Å²) in [7, 11) is 0. The maximum atomic E-state index is 13.2. The van der Waals surface area contributed by atoms with Gasteiger partial charge in [-0.15, -0.1) is 0 Å². The molecule has 3 rings (SSSR count). The van der Waals surface area contributed by atoms with Crippen LogP contribution < -0.4 is 9.64 Å². The summed E-state index contributed by atoms with van der Waals surface area (Å²) in [5, 5.41) is 0.630. The first kappa shape index (κ1) is 26.1. The van der Waals surface area contributed by atoms with Crippen molar-refractivity contribution in [1.29, 1.82) is 0 Å². The molecule has 0 atom stereocenters. The zero-order chi connectivity index (χ0) is 24.3. The van der Waals surface area contributed by atoms with Crippen molar-refractivity contribution in [3.05, 3.63) is 59.1 Å². The van der Waals surface area contributed by atoms with E-state index in [-0.39, 0.29) is 18.4 Å².